The molecule has 0 saturated carbocycles. The molecule has 0 aromatic rings. The highest BCUT2D eigenvalue weighted by atomic mass is 16.6. The fourth-order valence-corrected chi connectivity index (χ4v) is 2.70. The molecule has 0 spiro atoms. The van der Waals surface area contributed by atoms with Gasteiger partial charge in [-0.25, -0.2) is 4.79 Å². The van der Waals surface area contributed by atoms with Gasteiger partial charge < -0.3 is 15.4 Å². The van der Waals surface area contributed by atoms with E-state index in [0.29, 0.717) is 12.6 Å². The van der Waals surface area contributed by atoms with Crippen molar-refractivity contribution in [2.45, 2.75) is 38.8 Å². The van der Waals surface area contributed by atoms with Crippen molar-refractivity contribution in [1.29, 1.82) is 0 Å². The molecule has 2 unspecified atom stereocenters. The molecule has 18 heavy (non-hydrogen) atoms. The van der Waals surface area contributed by atoms with Gasteiger partial charge in [0, 0.05) is 19.1 Å². The van der Waals surface area contributed by atoms with Crippen LogP contribution in [-0.2, 0) is 4.74 Å². The number of nitrogens with one attached hydrogen (secondary N) is 2. The molecular formula is C13H25N3O2. The summed E-state index contributed by atoms with van der Waals surface area (Å²) in [6.45, 7) is 9.27. The number of alkyl carbamates (subject to hydrolysis) is 1. The average molecular weight is 255 g/mol. The summed E-state index contributed by atoms with van der Waals surface area (Å²) < 4.78 is 5.22. The van der Waals surface area contributed by atoms with E-state index in [1.165, 1.54) is 12.8 Å². The zero-order valence-corrected chi connectivity index (χ0v) is 11.4. The van der Waals surface area contributed by atoms with E-state index >= 15 is 0 Å². The third-order valence-corrected chi connectivity index (χ3v) is 3.81. The number of amides is 1. The molecule has 2 fully saturated rings. The first-order chi connectivity index (χ1) is 8.65. The van der Waals surface area contributed by atoms with Gasteiger partial charge in [-0.2, -0.15) is 0 Å². The molecule has 2 saturated heterocycles. The van der Waals surface area contributed by atoms with Gasteiger partial charge in [-0.05, 0) is 45.7 Å². The summed E-state index contributed by atoms with van der Waals surface area (Å²) in [5.74, 6) is 0.728. The van der Waals surface area contributed by atoms with E-state index in [1.807, 2.05) is 0 Å². The largest absolute Gasteiger partial charge is 0.443 e. The molecule has 0 aromatic carbocycles. The minimum Gasteiger partial charge on any atom is -0.443 e. The summed E-state index contributed by atoms with van der Waals surface area (Å²) in [6, 6.07) is 0.492. The third kappa shape index (κ3) is 3.85. The number of piperidine rings is 1. The van der Waals surface area contributed by atoms with Gasteiger partial charge in [0.15, 0.2) is 0 Å². The van der Waals surface area contributed by atoms with Crippen molar-refractivity contribution in [2.75, 3.05) is 32.7 Å². The molecule has 2 atom stereocenters. The second-order valence-corrected chi connectivity index (χ2v) is 5.67. The number of carbonyl (C=O) groups excluding carboxylic acids is 1. The summed E-state index contributed by atoms with van der Waals surface area (Å²) in [5, 5.41) is 6.17. The van der Waals surface area contributed by atoms with Crippen LogP contribution in [0.4, 0.5) is 4.79 Å². The van der Waals surface area contributed by atoms with Crippen LogP contribution < -0.4 is 10.6 Å². The van der Waals surface area contributed by atoms with Crippen LogP contribution in [-0.4, -0.2) is 55.9 Å². The predicted molar refractivity (Wildman–Crippen MR) is 70.6 cm³/mol. The lowest BCUT2D eigenvalue weighted by Crippen LogP contribution is -2.44. The van der Waals surface area contributed by atoms with Crippen molar-refractivity contribution < 1.29 is 9.53 Å². The van der Waals surface area contributed by atoms with Gasteiger partial charge in [-0.3, -0.25) is 4.90 Å². The van der Waals surface area contributed by atoms with Gasteiger partial charge in [0.2, 0.25) is 0 Å². The standard InChI is InChI=1S/C13H25N3O2/c1-10(2)16(8-11-4-3-5-14-6-11)9-12-7-15-13(17)18-12/h10-12,14H,3-9H2,1-2H3,(H,15,17). The summed E-state index contributed by atoms with van der Waals surface area (Å²) in [4.78, 5) is 13.5. The zero-order valence-electron chi connectivity index (χ0n) is 11.4. The van der Waals surface area contributed by atoms with Gasteiger partial charge in [0.05, 0.1) is 6.54 Å². The Labute approximate surface area is 109 Å². The summed E-state index contributed by atoms with van der Waals surface area (Å²) >= 11 is 0. The number of nitrogens with zero attached hydrogens (tertiary/aromatic N) is 1. The SMILES string of the molecule is CC(C)N(CC1CCCNC1)CC1CNC(=O)O1. The Morgan fingerprint density at radius 1 is 1.39 bits per heavy atom. The molecule has 0 radical (unpaired) electrons. The monoisotopic (exact) mass is 255 g/mol. The smallest absolute Gasteiger partial charge is 0.407 e. The first kappa shape index (κ1) is 13.6. The van der Waals surface area contributed by atoms with Crippen LogP contribution in [0.5, 0.6) is 0 Å². The lowest BCUT2D eigenvalue weighted by molar-refractivity contribution is 0.0843. The van der Waals surface area contributed by atoms with E-state index < -0.39 is 0 Å². The zero-order chi connectivity index (χ0) is 13.0. The second kappa shape index (κ2) is 6.38. The quantitative estimate of drug-likeness (QED) is 0.763. The molecule has 0 aliphatic carbocycles. The fraction of sp³-hybridized carbons (Fsp3) is 0.923. The Bertz CT molecular complexity index is 277. The lowest BCUT2D eigenvalue weighted by atomic mass is 9.98. The minimum absolute atomic E-state index is 0.0106. The van der Waals surface area contributed by atoms with E-state index in [9.17, 15) is 4.79 Å². The molecule has 0 aromatic heterocycles. The van der Waals surface area contributed by atoms with Crippen LogP contribution in [0.25, 0.3) is 0 Å². The highest BCUT2D eigenvalue weighted by Gasteiger charge is 2.27. The van der Waals surface area contributed by atoms with Crippen LogP contribution in [0.2, 0.25) is 0 Å². The fourth-order valence-electron chi connectivity index (χ4n) is 2.70. The maximum atomic E-state index is 11.0. The Kier molecular flexibility index (Phi) is 4.83. The molecular weight excluding hydrogens is 230 g/mol. The van der Waals surface area contributed by atoms with Crippen LogP contribution in [0.3, 0.4) is 0 Å². The summed E-state index contributed by atoms with van der Waals surface area (Å²) in [7, 11) is 0. The lowest BCUT2D eigenvalue weighted by Gasteiger charge is -2.33. The third-order valence-electron chi connectivity index (χ3n) is 3.81. The Hall–Kier alpha value is -0.810. The van der Waals surface area contributed by atoms with Gasteiger partial charge >= 0.3 is 6.09 Å². The molecule has 1 amide bonds. The van der Waals surface area contributed by atoms with Crippen LogP contribution >= 0.6 is 0 Å². The highest BCUT2D eigenvalue weighted by molar-refractivity contribution is 5.69. The minimum atomic E-state index is -0.275. The van der Waals surface area contributed by atoms with Crippen LogP contribution in [0.1, 0.15) is 26.7 Å². The van der Waals surface area contributed by atoms with Crippen molar-refractivity contribution in [3.8, 4) is 0 Å². The Morgan fingerprint density at radius 2 is 2.22 bits per heavy atom. The molecule has 2 heterocycles. The molecule has 2 N–H and O–H groups in total. The Morgan fingerprint density at radius 3 is 2.78 bits per heavy atom. The summed E-state index contributed by atoms with van der Waals surface area (Å²) in [5.41, 5.74) is 0. The van der Waals surface area contributed by atoms with Gasteiger partial charge in [0.25, 0.3) is 0 Å². The number of hydrogen-bond donors (Lipinski definition) is 2. The molecule has 0 bridgehead atoms. The molecule has 104 valence electrons. The van der Waals surface area contributed by atoms with E-state index in [4.69, 9.17) is 4.74 Å². The normalized spacial score (nSPS) is 28.6. The van der Waals surface area contributed by atoms with E-state index in [1.54, 1.807) is 0 Å². The van der Waals surface area contributed by atoms with Crippen molar-refractivity contribution >= 4 is 6.09 Å². The molecule has 5 heteroatoms. The van der Waals surface area contributed by atoms with Crippen molar-refractivity contribution in [3.05, 3.63) is 0 Å². The number of carbonyl (C=O) groups is 1. The number of rotatable bonds is 5. The Balaban J connectivity index is 1.81. The average Bonchev–Trinajstić information content (AvgIpc) is 2.75. The van der Waals surface area contributed by atoms with Gasteiger partial charge in [0.1, 0.15) is 6.10 Å². The predicted octanol–water partition coefficient (Wildman–Crippen LogP) is 0.805. The summed E-state index contributed by atoms with van der Waals surface area (Å²) in [6.07, 6.45) is 2.31. The molecule has 2 rings (SSSR count). The van der Waals surface area contributed by atoms with E-state index in [2.05, 4.69) is 29.4 Å². The van der Waals surface area contributed by atoms with E-state index in [0.717, 1.165) is 32.1 Å². The maximum Gasteiger partial charge on any atom is 0.407 e. The van der Waals surface area contributed by atoms with Gasteiger partial charge in [-0.15, -0.1) is 0 Å². The number of hydrogen-bond acceptors (Lipinski definition) is 4. The highest BCUT2D eigenvalue weighted by Crippen LogP contribution is 2.15. The van der Waals surface area contributed by atoms with Crippen molar-refractivity contribution in [3.63, 3.8) is 0 Å². The van der Waals surface area contributed by atoms with E-state index in [-0.39, 0.29) is 12.2 Å². The molecule has 2 aliphatic rings. The maximum absolute atomic E-state index is 11.0. The first-order valence-electron chi connectivity index (χ1n) is 7.04. The molecule has 5 nitrogen and oxygen atoms in total. The second-order valence-electron chi connectivity index (χ2n) is 5.67. The first-order valence-corrected chi connectivity index (χ1v) is 7.04. The number of cyclic esters (lactones) is 1. The van der Waals surface area contributed by atoms with Gasteiger partial charge in [-0.1, -0.05) is 0 Å². The topological polar surface area (TPSA) is 53.6 Å². The molecule has 2 aliphatic heterocycles. The van der Waals surface area contributed by atoms with Crippen LogP contribution in [0, 0.1) is 5.92 Å². The number of ether oxygens (including phenoxy) is 1. The van der Waals surface area contributed by atoms with Crippen LogP contribution in [0.15, 0.2) is 0 Å². The van der Waals surface area contributed by atoms with Crippen molar-refractivity contribution in [2.24, 2.45) is 5.92 Å². The van der Waals surface area contributed by atoms with Crippen molar-refractivity contribution in [1.82, 2.24) is 15.5 Å².